The summed E-state index contributed by atoms with van der Waals surface area (Å²) < 4.78 is 9.99. The molecule has 0 spiro atoms. The van der Waals surface area contributed by atoms with E-state index in [1.807, 2.05) is 11.9 Å². The highest BCUT2D eigenvalue weighted by Crippen LogP contribution is 2.18. The number of esters is 1. The third-order valence-corrected chi connectivity index (χ3v) is 3.28. The molecule has 0 aliphatic carbocycles. The van der Waals surface area contributed by atoms with Crippen LogP contribution in [0.3, 0.4) is 0 Å². The zero-order valence-corrected chi connectivity index (χ0v) is 11.3. The standard InChI is InChI=1S/C13H19N3O3/c1-16(9-10-3-5-19-6-4-10)12-8-14-7-11(15-12)13(17)18-2/h7-8,10H,3-6,9H2,1-2H3. The first-order valence-electron chi connectivity index (χ1n) is 6.40. The minimum Gasteiger partial charge on any atom is -0.464 e. The fourth-order valence-corrected chi connectivity index (χ4v) is 2.15. The summed E-state index contributed by atoms with van der Waals surface area (Å²) in [4.78, 5) is 21.7. The van der Waals surface area contributed by atoms with Gasteiger partial charge in [-0.15, -0.1) is 0 Å². The molecule has 1 aliphatic heterocycles. The lowest BCUT2D eigenvalue weighted by Crippen LogP contribution is -2.30. The number of anilines is 1. The number of rotatable bonds is 4. The summed E-state index contributed by atoms with van der Waals surface area (Å²) in [6.45, 7) is 2.54. The van der Waals surface area contributed by atoms with Crippen molar-refractivity contribution >= 4 is 11.8 Å². The Morgan fingerprint density at radius 2 is 2.21 bits per heavy atom. The SMILES string of the molecule is COC(=O)c1cncc(N(C)CC2CCOCC2)n1. The zero-order chi connectivity index (χ0) is 13.7. The predicted molar refractivity (Wildman–Crippen MR) is 70.2 cm³/mol. The van der Waals surface area contributed by atoms with Crippen LogP contribution in [0.25, 0.3) is 0 Å². The van der Waals surface area contributed by atoms with Gasteiger partial charge in [0.25, 0.3) is 0 Å². The number of methoxy groups -OCH3 is 1. The van der Waals surface area contributed by atoms with Gasteiger partial charge in [-0.3, -0.25) is 4.98 Å². The van der Waals surface area contributed by atoms with Gasteiger partial charge >= 0.3 is 5.97 Å². The van der Waals surface area contributed by atoms with Crippen LogP contribution in [-0.4, -0.2) is 49.9 Å². The average Bonchev–Trinajstić information content (AvgIpc) is 2.47. The molecule has 0 aromatic carbocycles. The quantitative estimate of drug-likeness (QED) is 0.760. The Bertz CT molecular complexity index is 433. The van der Waals surface area contributed by atoms with E-state index >= 15 is 0 Å². The molecule has 2 heterocycles. The van der Waals surface area contributed by atoms with Gasteiger partial charge in [0, 0.05) is 26.8 Å². The lowest BCUT2D eigenvalue weighted by molar-refractivity contribution is 0.0593. The molecule has 1 aliphatic rings. The Balaban J connectivity index is 2.01. The first kappa shape index (κ1) is 13.7. The molecule has 1 fully saturated rings. The number of nitrogens with zero attached hydrogens (tertiary/aromatic N) is 3. The highest BCUT2D eigenvalue weighted by atomic mass is 16.5. The van der Waals surface area contributed by atoms with Gasteiger partial charge in [-0.25, -0.2) is 9.78 Å². The van der Waals surface area contributed by atoms with Crippen molar-refractivity contribution in [3.8, 4) is 0 Å². The van der Waals surface area contributed by atoms with Crippen LogP contribution in [0, 0.1) is 5.92 Å². The molecule has 0 N–H and O–H groups in total. The van der Waals surface area contributed by atoms with Gasteiger partial charge in [0.2, 0.25) is 0 Å². The van der Waals surface area contributed by atoms with Crippen LogP contribution >= 0.6 is 0 Å². The molecule has 0 unspecified atom stereocenters. The Morgan fingerprint density at radius 3 is 2.89 bits per heavy atom. The highest BCUT2D eigenvalue weighted by Gasteiger charge is 2.17. The Kier molecular flexibility index (Phi) is 4.68. The normalized spacial score (nSPS) is 16.1. The molecule has 0 atom stereocenters. The van der Waals surface area contributed by atoms with Crippen molar-refractivity contribution in [1.82, 2.24) is 9.97 Å². The third-order valence-electron chi connectivity index (χ3n) is 3.28. The van der Waals surface area contributed by atoms with Gasteiger partial charge in [-0.1, -0.05) is 0 Å². The Morgan fingerprint density at radius 1 is 1.47 bits per heavy atom. The number of carbonyl (C=O) groups excluding carboxylic acids is 1. The molecule has 19 heavy (non-hydrogen) atoms. The van der Waals surface area contributed by atoms with Crippen molar-refractivity contribution in [2.75, 3.05) is 38.8 Å². The van der Waals surface area contributed by atoms with E-state index < -0.39 is 5.97 Å². The summed E-state index contributed by atoms with van der Waals surface area (Å²) in [6.07, 6.45) is 5.20. The van der Waals surface area contributed by atoms with Gasteiger partial charge < -0.3 is 14.4 Å². The molecule has 1 saturated heterocycles. The van der Waals surface area contributed by atoms with Gasteiger partial charge in [0.1, 0.15) is 5.82 Å². The molecule has 2 rings (SSSR count). The molecule has 0 saturated carbocycles. The number of carbonyl (C=O) groups is 1. The summed E-state index contributed by atoms with van der Waals surface area (Å²) in [6, 6.07) is 0. The Hall–Kier alpha value is -1.69. The van der Waals surface area contributed by atoms with Gasteiger partial charge in [-0.2, -0.15) is 0 Å². The maximum absolute atomic E-state index is 11.4. The molecule has 1 aromatic rings. The van der Waals surface area contributed by atoms with Crippen LogP contribution in [0.2, 0.25) is 0 Å². The van der Waals surface area contributed by atoms with E-state index in [-0.39, 0.29) is 5.69 Å². The molecule has 0 bridgehead atoms. The second-order valence-corrected chi connectivity index (χ2v) is 4.69. The van der Waals surface area contributed by atoms with E-state index in [4.69, 9.17) is 4.74 Å². The summed E-state index contributed by atoms with van der Waals surface area (Å²) in [5.74, 6) is 0.825. The van der Waals surface area contributed by atoms with E-state index in [9.17, 15) is 4.79 Å². The van der Waals surface area contributed by atoms with Crippen molar-refractivity contribution in [3.63, 3.8) is 0 Å². The monoisotopic (exact) mass is 265 g/mol. The lowest BCUT2D eigenvalue weighted by Gasteiger charge is -2.27. The fourth-order valence-electron chi connectivity index (χ4n) is 2.15. The van der Waals surface area contributed by atoms with Crippen LogP contribution in [0.5, 0.6) is 0 Å². The van der Waals surface area contributed by atoms with E-state index in [1.54, 1.807) is 6.20 Å². The summed E-state index contributed by atoms with van der Waals surface area (Å²) in [7, 11) is 3.29. The maximum Gasteiger partial charge on any atom is 0.358 e. The number of aromatic nitrogens is 2. The van der Waals surface area contributed by atoms with Crippen molar-refractivity contribution in [1.29, 1.82) is 0 Å². The van der Waals surface area contributed by atoms with E-state index in [0.29, 0.717) is 11.7 Å². The van der Waals surface area contributed by atoms with E-state index in [1.165, 1.54) is 13.3 Å². The molecule has 0 radical (unpaired) electrons. The first-order chi connectivity index (χ1) is 9.20. The summed E-state index contributed by atoms with van der Waals surface area (Å²) in [5, 5.41) is 0. The maximum atomic E-state index is 11.4. The van der Waals surface area contributed by atoms with Crippen LogP contribution in [0.1, 0.15) is 23.3 Å². The molecule has 6 heteroatoms. The number of hydrogen-bond donors (Lipinski definition) is 0. The van der Waals surface area contributed by atoms with Crippen molar-refractivity contribution in [2.24, 2.45) is 5.92 Å². The van der Waals surface area contributed by atoms with E-state index in [0.717, 1.165) is 32.6 Å². The van der Waals surface area contributed by atoms with Crippen LogP contribution in [0.15, 0.2) is 12.4 Å². The van der Waals surface area contributed by atoms with E-state index in [2.05, 4.69) is 14.7 Å². The topological polar surface area (TPSA) is 64.5 Å². The highest BCUT2D eigenvalue weighted by molar-refractivity contribution is 5.87. The fraction of sp³-hybridized carbons (Fsp3) is 0.615. The smallest absolute Gasteiger partial charge is 0.358 e. The molecule has 6 nitrogen and oxygen atoms in total. The van der Waals surface area contributed by atoms with Gasteiger partial charge in [0.05, 0.1) is 19.5 Å². The molecule has 1 aromatic heterocycles. The summed E-state index contributed by atoms with van der Waals surface area (Å²) >= 11 is 0. The second-order valence-electron chi connectivity index (χ2n) is 4.69. The molecular weight excluding hydrogens is 246 g/mol. The van der Waals surface area contributed by atoms with Crippen molar-refractivity contribution in [3.05, 3.63) is 18.1 Å². The lowest BCUT2D eigenvalue weighted by atomic mass is 10.00. The third kappa shape index (κ3) is 3.64. The number of hydrogen-bond acceptors (Lipinski definition) is 6. The predicted octanol–water partition coefficient (Wildman–Crippen LogP) is 1.13. The molecule has 104 valence electrons. The van der Waals surface area contributed by atoms with Crippen molar-refractivity contribution in [2.45, 2.75) is 12.8 Å². The molecule has 0 amide bonds. The van der Waals surface area contributed by atoms with Crippen LogP contribution in [0.4, 0.5) is 5.82 Å². The Labute approximate surface area is 112 Å². The zero-order valence-electron chi connectivity index (χ0n) is 11.3. The minimum atomic E-state index is -0.464. The second kappa shape index (κ2) is 6.47. The summed E-state index contributed by atoms with van der Waals surface area (Å²) in [5.41, 5.74) is 0.235. The average molecular weight is 265 g/mol. The number of ether oxygens (including phenoxy) is 2. The van der Waals surface area contributed by atoms with Crippen LogP contribution < -0.4 is 4.90 Å². The van der Waals surface area contributed by atoms with Crippen molar-refractivity contribution < 1.29 is 14.3 Å². The first-order valence-corrected chi connectivity index (χ1v) is 6.40. The minimum absolute atomic E-state index is 0.235. The largest absolute Gasteiger partial charge is 0.464 e. The van der Waals surface area contributed by atoms with Gasteiger partial charge in [-0.05, 0) is 18.8 Å². The van der Waals surface area contributed by atoms with Crippen LogP contribution in [-0.2, 0) is 9.47 Å². The van der Waals surface area contributed by atoms with Gasteiger partial charge in [0.15, 0.2) is 5.69 Å². The molecular formula is C13H19N3O3.